The molecule has 4 heteroatoms. The standard InChI is InChI=1S/C34H58O4/c1-20(2)38-26-14-15-31(7)24-12-11-23-28-22(4)21(3)13-16-34(28,29(35)36)18-17-32(23,8)33(24,9)27(37-10)19-25(31)30(26,5)6/h20-28H,11-19H2,1-10H3,(H,35,36). The number of carboxylic acid groups (broad SMARTS) is 1. The number of fused-ring (bicyclic) bond motifs is 7. The van der Waals surface area contributed by atoms with Crippen LogP contribution < -0.4 is 0 Å². The molecule has 1 N–H and O–H groups in total. The third-order valence-corrected chi connectivity index (χ3v) is 14.7. The van der Waals surface area contributed by atoms with Crippen molar-refractivity contribution in [3.63, 3.8) is 0 Å². The Hall–Kier alpha value is -0.610. The summed E-state index contributed by atoms with van der Waals surface area (Å²) < 4.78 is 13.1. The number of carbonyl (C=O) groups is 1. The third-order valence-electron chi connectivity index (χ3n) is 14.7. The summed E-state index contributed by atoms with van der Waals surface area (Å²) in [6.45, 7) is 21.8. The normalized spacial score (nSPS) is 53.9. The van der Waals surface area contributed by atoms with Gasteiger partial charge in [0.15, 0.2) is 0 Å². The van der Waals surface area contributed by atoms with Gasteiger partial charge in [-0.25, -0.2) is 0 Å². The van der Waals surface area contributed by atoms with Crippen LogP contribution in [-0.2, 0) is 14.3 Å². The Morgan fingerprint density at radius 3 is 2.16 bits per heavy atom. The van der Waals surface area contributed by atoms with Crippen LogP contribution in [0.25, 0.3) is 0 Å². The molecule has 0 radical (unpaired) electrons. The van der Waals surface area contributed by atoms with E-state index in [4.69, 9.17) is 9.47 Å². The van der Waals surface area contributed by atoms with Gasteiger partial charge in [0.25, 0.3) is 0 Å². The van der Waals surface area contributed by atoms with Gasteiger partial charge in [-0.3, -0.25) is 4.79 Å². The average molecular weight is 531 g/mol. The molecule has 5 saturated carbocycles. The topological polar surface area (TPSA) is 55.8 Å². The largest absolute Gasteiger partial charge is 0.481 e. The number of hydrogen-bond donors (Lipinski definition) is 1. The lowest BCUT2D eigenvalue weighted by molar-refractivity contribution is -0.296. The van der Waals surface area contributed by atoms with Crippen molar-refractivity contribution in [1.29, 1.82) is 0 Å². The van der Waals surface area contributed by atoms with Crippen LogP contribution in [0.3, 0.4) is 0 Å². The van der Waals surface area contributed by atoms with E-state index in [1.807, 2.05) is 7.11 Å². The molecule has 5 fully saturated rings. The van der Waals surface area contributed by atoms with Crippen LogP contribution in [0, 0.1) is 62.6 Å². The monoisotopic (exact) mass is 530 g/mol. The molecule has 12 atom stereocenters. The zero-order valence-corrected chi connectivity index (χ0v) is 26.2. The third kappa shape index (κ3) is 3.56. The first-order valence-corrected chi connectivity index (χ1v) is 16.0. The Morgan fingerprint density at radius 1 is 0.868 bits per heavy atom. The lowest BCUT2D eigenvalue weighted by Crippen LogP contribution is -2.72. The minimum absolute atomic E-state index is 0.0445. The molecule has 5 rings (SSSR count). The van der Waals surface area contributed by atoms with E-state index in [1.54, 1.807) is 0 Å². The molecule has 38 heavy (non-hydrogen) atoms. The molecule has 12 unspecified atom stereocenters. The van der Waals surface area contributed by atoms with Crippen molar-refractivity contribution in [3.8, 4) is 0 Å². The molecule has 218 valence electrons. The quantitative estimate of drug-likeness (QED) is 0.398. The first kappa shape index (κ1) is 28.9. The van der Waals surface area contributed by atoms with Gasteiger partial charge in [-0.05, 0) is 123 Å². The highest BCUT2D eigenvalue weighted by Crippen LogP contribution is 2.77. The summed E-state index contributed by atoms with van der Waals surface area (Å²) in [5.74, 6) is 2.43. The number of carboxylic acids is 1. The van der Waals surface area contributed by atoms with Crippen LogP contribution >= 0.6 is 0 Å². The molecule has 0 heterocycles. The van der Waals surface area contributed by atoms with Crippen LogP contribution in [0.1, 0.15) is 120 Å². The second-order valence-electron chi connectivity index (χ2n) is 16.4. The van der Waals surface area contributed by atoms with E-state index in [9.17, 15) is 9.90 Å². The summed E-state index contributed by atoms with van der Waals surface area (Å²) in [5.41, 5.74) is -0.0364. The Kier molecular flexibility index (Phi) is 7.00. The number of rotatable bonds is 4. The predicted molar refractivity (Wildman–Crippen MR) is 153 cm³/mol. The first-order chi connectivity index (χ1) is 17.6. The fraction of sp³-hybridized carbons (Fsp3) is 0.971. The van der Waals surface area contributed by atoms with Gasteiger partial charge in [-0.15, -0.1) is 0 Å². The highest BCUT2D eigenvalue weighted by molar-refractivity contribution is 5.75. The van der Waals surface area contributed by atoms with E-state index in [0.717, 1.165) is 38.5 Å². The highest BCUT2D eigenvalue weighted by Gasteiger charge is 2.74. The minimum Gasteiger partial charge on any atom is -0.481 e. The molecule has 5 aliphatic carbocycles. The Morgan fingerprint density at radius 2 is 1.55 bits per heavy atom. The Bertz CT molecular complexity index is 927. The fourth-order valence-corrected chi connectivity index (χ4v) is 12.5. The van der Waals surface area contributed by atoms with Gasteiger partial charge in [0.05, 0.1) is 23.7 Å². The Balaban J connectivity index is 1.58. The molecular formula is C34H58O4. The molecule has 5 aliphatic rings. The van der Waals surface area contributed by atoms with Crippen molar-refractivity contribution in [2.45, 2.75) is 138 Å². The SMILES string of the molecule is COC1CC2C(C)(C)C(OC(C)C)CCC2(C)C2CCC3C4C(C)C(C)CCC4(C(=O)O)CCC3(C)C12C. The molecule has 0 aromatic rings. The molecule has 4 nitrogen and oxygen atoms in total. The molecular weight excluding hydrogens is 472 g/mol. The molecule has 0 aromatic heterocycles. The lowest BCUT2D eigenvalue weighted by Gasteiger charge is -2.75. The predicted octanol–water partition coefficient (Wildman–Crippen LogP) is 8.23. The van der Waals surface area contributed by atoms with E-state index in [1.165, 1.54) is 19.3 Å². The van der Waals surface area contributed by atoms with Crippen molar-refractivity contribution in [2.75, 3.05) is 7.11 Å². The molecule has 0 saturated heterocycles. The van der Waals surface area contributed by atoms with Crippen molar-refractivity contribution in [3.05, 3.63) is 0 Å². The number of aliphatic carboxylic acids is 1. The van der Waals surface area contributed by atoms with E-state index in [2.05, 4.69) is 62.3 Å². The van der Waals surface area contributed by atoms with Gasteiger partial charge in [-0.1, -0.05) is 48.5 Å². The van der Waals surface area contributed by atoms with Gasteiger partial charge in [0.2, 0.25) is 0 Å². The van der Waals surface area contributed by atoms with Gasteiger partial charge in [-0.2, -0.15) is 0 Å². The summed E-state index contributed by atoms with van der Waals surface area (Å²) in [6, 6.07) is 0. The maximum atomic E-state index is 13.0. The molecule has 0 bridgehead atoms. The van der Waals surface area contributed by atoms with E-state index >= 15 is 0 Å². The van der Waals surface area contributed by atoms with Crippen molar-refractivity contribution >= 4 is 5.97 Å². The zero-order chi connectivity index (χ0) is 28.1. The van der Waals surface area contributed by atoms with E-state index in [0.29, 0.717) is 35.7 Å². The first-order valence-electron chi connectivity index (χ1n) is 16.0. The summed E-state index contributed by atoms with van der Waals surface area (Å²) in [4.78, 5) is 13.0. The van der Waals surface area contributed by atoms with Crippen LogP contribution in [0.4, 0.5) is 0 Å². The zero-order valence-electron chi connectivity index (χ0n) is 26.2. The van der Waals surface area contributed by atoms with Gasteiger partial charge in [0.1, 0.15) is 0 Å². The molecule has 0 amide bonds. The summed E-state index contributed by atoms with van der Waals surface area (Å²) in [6.07, 6.45) is 10.4. The van der Waals surface area contributed by atoms with Crippen molar-refractivity contribution < 1.29 is 19.4 Å². The number of ether oxygens (including phenoxy) is 2. The summed E-state index contributed by atoms with van der Waals surface area (Å²) >= 11 is 0. The highest BCUT2D eigenvalue weighted by atomic mass is 16.5. The molecule has 0 aliphatic heterocycles. The van der Waals surface area contributed by atoms with Gasteiger partial charge in [0, 0.05) is 12.5 Å². The second kappa shape index (κ2) is 9.20. The van der Waals surface area contributed by atoms with Gasteiger partial charge < -0.3 is 14.6 Å². The van der Waals surface area contributed by atoms with E-state index < -0.39 is 11.4 Å². The van der Waals surface area contributed by atoms with Crippen LogP contribution in [0.15, 0.2) is 0 Å². The maximum Gasteiger partial charge on any atom is 0.309 e. The fourth-order valence-electron chi connectivity index (χ4n) is 12.5. The van der Waals surface area contributed by atoms with Gasteiger partial charge >= 0.3 is 5.97 Å². The van der Waals surface area contributed by atoms with Crippen molar-refractivity contribution in [1.82, 2.24) is 0 Å². The van der Waals surface area contributed by atoms with Crippen LogP contribution in [0.2, 0.25) is 0 Å². The number of methoxy groups -OCH3 is 1. The maximum absolute atomic E-state index is 13.0. The Labute approximate surface area is 233 Å². The van der Waals surface area contributed by atoms with Crippen molar-refractivity contribution in [2.24, 2.45) is 62.6 Å². The number of hydrogen-bond acceptors (Lipinski definition) is 3. The summed E-state index contributed by atoms with van der Waals surface area (Å²) in [7, 11) is 1.95. The van der Waals surface area contributed by atoms with Crippen LogP contribution in [-0.4, -0.2) is 36.5 Å². The minimum atomic E-state index is -0.531. The molecule has 0 spiro atoms. The molecule has 0 aromatic carbocycles. The van der Waals surface area contributed by atoms with Crippen LogP contribution in [0.5, 0.6) is 0 Å². The van der Waals surface area contributed by atoms with E-state index in [-0.39, 0.29) is 39.8 Å². The summed E-state index contributed by atoms with van der Waals surface area (Å²) in [5, 5.41) is 10.7. The average Bonchev–Trinajstić information content (AvgIpc) is 2.83. The second-order valence-corrected chi connectivity index (χ2v) is 16.4. The lowest BCUT2D eigenvalue weighted by atomic mass is 9.30. The smallest absolute Gasteiger partial charge is 0.309 e.